The summed E-state index contributed by atoms with van der Waals surface area (Å²) in [5.74, 6) is 2.94. The summed E-state index contributed by atoms with van der Waals surface area (Å²) in [7, 11) is 3.30. The lowest BCUT2D eigenvalue weighted by Gasteiger charge is -2.31. The van der Waals surface area contributed by atoms with Crippen molar-refractivity contribution >= 4 is 56.4 Å². The zero-order chi connectivity index (χ0) is 42.0. The summed E-state index contributed by atoms with van der Waals surface area (Å²) in [4.78, 5) is 43.7. The van der Waals surface area contributed by atoms with Crippen molar-refractivity contribution in [3.63, 3.8) is 0 Å². The van der Waals surface area contributed by atoms with Gasteiger partial charge in [0.2, 0.25) is 0 Å². The van der Waals surface area contributed by atoms with Crippen molar-refractivity contribution in [1.82, 2.24) is 9.97 Å². The molecule has 1 aliphatic heterocycles. The molecule has 0 saturated heterocycles. The predicted octanol–water partition coefficient (Wildman–Crippen LogP) is 12.5. The highest BCUT2D eigenvalue weighted by atomic mass is 16.5. The van der Waals surface area contributed by atoms with Crippen LogP contribution >= 0.6 is 0 Å². The smallest absolute Gasteiger partial charge is 0.197 e. The number of ether oxygens (including phenoxy) is 2. The number of carbonyl (C=O) groups excluding carboxylic acids is 2. The minimum Gasteiger partial charge on any atom is -0.497 e. The Morgan fingerprint density at radius 1 is 0.567 bits per heavy atom. The second-order valence-electron chi connectivity index (χ2n) is 16.2. The van der Waals surface area contributed by atoms with Gasteiger partial charge in [-0.3, -0.25) is 19.4 Å². The lowest BCUT2D eigenvalue weighted by molar-refractivity contribution is 0.0988. The van der Waals surface area contributed by atoms with Gasteiger partial charge in [0.1, 0.15) is 17.3 Å². The Morgan fingerprint density at radius 3 is 1.60 bits per heavy atom. The molecule has 0 N–H and O–H groups in total. The van der Waals surface area contributed by atoms with E-state index in [1.54, 1.807) is 20.3 Å². The van der Waals surface area contributed by atoms with Gasteiger partial charge in [-0.2, -0.15) is 0 Å². The fourth-order valence-corrected chi connectivity index (χ4v) is 8.72. The molecule has 0 atom stereocenters. The Labute approximate surface area is 350 Å². The number of rotatable bonds is 8. The summed E-state index contributed by atoms with van der Waals surface area (Å²) in [6, 6.07) is 36.0. The number of fused-ring (bicyclic) bond motifs is 4. The van der Waals surface area contributed by atoms with Crippen LogP contribution in [0.2, 0.25) is 0 Å². The van der Waals surface area contributed by atoms with Gasteiger partial charge in [0, 0.05) is 22.8 Å². The number of ketones is 2. The van der Waals surface area contributed by atoms with Crippen LogP contribution in [0, 0.1) is 13.8 Å². The summed E-state index contributed by atoms with van der Waals surface area (Å²) >= 11 is 0. The maximum Gasteiger partial charge on any atom is 0.197 e. The van der Waals surface area contributed by atoms with E-state index in [0.717, 1.165) is 66.6 Å². The molecule has 2 aliphatic rings. The minimum atomic E-state index is -0.297. The molecule has 0 unspecified atom stereocenters. The van der Waals surface area contributed by atoms with Crippen LogP contribution in [0.5, 0.6) is 11.5 Å². The molecule has 0 amide bonds. The van der Waals surface area contributed by atoms with E-state index in [1.807, 2.05) is 84.9 Å². The number of allylic oxidation sites excluding steroid dienone is 3. The van der Waals surface area contributed by atoms with Gasteiger partial charge in [0.25, 0.3) is 0 Å². The molecule has 7 aromatic rings. The van der Waals surface area contributed by atoms with Gasteiger partial charge in [-0.1, -0.05) is 93.9 Å². The van der Waals surface area contributed by atoms with Crippen LogP contribution < -0.4 is 19.3 Å². The van der Waals surface area contributed by atoms with Gasteiger partial charge in [0.15, 0.2) is 23.2 Å². The van der Waals surface area contributed by atoms with Crippen molar-refractivity contribution in [2.24, 2.45) is 0 Å². The number of aromatic nitrogens is 2. The SMILES string of the molecule is COc1cc(OC)cc(-c2cc(C)cc(C)c2N2/C(=C/C=C3C(=O)c4cc5ccccc5cc4C3=O)N(c3c(C(C)C)cccc3C(C)C)c3nc4ccccc4nc32)c1. The average Bonchev–Trinajstić information content (AvgIpc) is 3.67. The first-order valence-corrected chi connectivity index (χ1v) is 20.4. The van der Waals surface area contributed by atoms with E-state index >= 15 is 0 Å². The molecule has 0 fully saturated rings. The second kappa shape index (κ2) is 15.0. The second-order valence-corrected chi connectivity index (χ2v) is 16.2. The summed E-state index contributed by atoms with van der Waals surface area (Å²) < 4.78 is 11.6. The van der Waals surface area contributed by atoms with Crippen molar-refractivity contribution in [1.29, 1.82) is 0 Å². The third-order valence-corrected chi connectivity index (χ3v) is 11.6. The molecule has 0 radical (unpaired) electrons. The number of hydrogen-bond donors (Lipinski definition) is 0. The first-order chi connectivity index (χ1) is 29.0. The maximum atomic E-state index is 14.3. The van der Waals surface area contributed by atoms with Gasteiger partial charge in [-0.05, 0) is 113 Å². The van der Waals surface area contributed by atoms with E-state index in [1.165, 1.54) is 0 Å². The zero-order valence-corrected chi connectivity index (χ0v) is 35.1. The molecule has 60 heavy (non-hydrogen) atoms. The van der Waals surface area contributed by atoms with Gasteiger partial charge < -0.3 is 9.47 Å². The Kier molecular flexibility index (Phi) is 9.58. The Hall–Kier alpha value is -7.06. The van der Waals surface area contributed by atoms with Crippen LogP contribution in [0.4, 0.5) is 23.0 Å². The molecular formula is C52H46N4O4. The molecule has 2 heterocycles. The highest BCUT2D eigenvalue weighted by molar-refractivity contribution is 6.40. The number of para-hydroxylation sites is 3. The van der Waals surface area contributed by atoms with E-state index < -0.39 is 0 Å². The zero-order valence-electron chi connectivity index (χ0n) is 35.1. The van der Waals surface area contributed by atoms with Crippen LogP contribution in [0.25, 0.3) is 32.9 Å². The van der Waals surface area contributed by atoms with Crippen LogP contribution in [-0.2, 0) is 0 Å². The highest BCUT2D eigenvalue weighted by Gasteiger charge is 2.41. The van der Waals surface area contributed by atoms with Crippen LogP contribution in [-0.4, -0.2) is 35.8 Å². The number of hydrogen-bond acceptors (Lipinski definition) is 8. The topological polar surface area (TPSA) is 84.9 Å². The normalized spacial score (nSPS) is 14.3. The van der Waals surface area contributed by atoms with Crippen LogP contribution in [0.15, 0.2) is 133 Å². The Balaban J connectivity index is 1.38. The molecule has 0 spiro atoms. The maximum absolute atomic E-state index is 14.3. The number of aryl methyl sites for hydroxylation is 2. The average molecular weight is 791 g/mol. The molecule has 6 aromatic carbocycles. The first-order valence-electron chi connectivity index (χ1n) is 20.4. The number of anilines is 4. The Morgan fingerprint density at radius 2 is 1.08 bits per heavy atom. The third kappa shape index (κ3) is 6.31. The van der Waals surface area contributed by atoms with Gasteiger partial charge in [-0.15, -0.1) is 0 Å². The lowest BCUT2D eigenvalue weighted by atomic mass is 9.92. The number of methoxy groups -OCH3 is 2. The highest BCUT2D eigenvalue weighted by Crippen LogP contribution is 2.54. The quantitative estimate of drug-likeness (QED) is 0.111. The fraction of sp³-hybridized carbons (Fsp3) is 0.192. The van der Waals surface area contributed by atoms with Gasteiger partial charge in [-0.25, -0.2) is 9.97 Å². The largest absolute Gasteiger partial charge is 0.497 e. The van der Waals surface area contributed by atoms with Gasteiger partial charge in [0.05, 0.1) is 42.2 Å². The van der Waals surface area contributed by atoms with Crippen molar-refractivity contribution in [3.8, 4) is 22.6 Å². The molecule has 8 heteroatoms. The number of benzene rings is 6. The van der Waals surface area contributed by atoms with E-state index in [4.69, 9.17) is 19.4 Å². The van der Waals surface area contributed by atoms with Crippen LogP contribution in [0.3, 0.4) is 0 Å². The van der Waals surface area contributed by atoms with Crippen LogP contribution in [0.1, 0.15) is 82.5 Å². The molecule has 1 aromatic heterocycles. The summed E-state index contributed by atoms with van der Waals surface area (Å²) in [6.07, 6.45) is 3.60. The number of carbonyl (C=O) groups is 2. The molecule has 0 saturated carbocycles. The first kappa shape index (κ1) is 38.5. The summed E-state index contributed by atoms with van der Waals surface area (Å²) in [5.41, 5.74) is 10.4. The minimum absolute atomic E-state index is 0.106. The van der Waals surface area contributed by atoms with E-state index in [-0.39, 0.29) is 29.0 Å². The number of nitrogens with zero attached hydrogens (tertiary/aromatic N) is 4. The van der Waals surface area contributed by atoms with Crippen molar-refractivity contribution in [2.45, 2.75) is 53.4 Å². The number of Topliss-reactive ketones (excluding diaryl/α,β-unsaturated/α-hetero) is 2. The van der Waals surface area contributed by atoms with Crippen molar-refractivity contribution < 1.29 is 19.1 Å². The molecular weight excluding hydrogens is 745 g/mol. The lowest BCUT2D eigenvalue weighted by Crippen LogP contribution is -2.25. The molecule has 1 aliphatic carbocycles. The summed E-state index contributed by atoms with van der Waals surface area (Å²) in [5, 5.41) is 1.82. The fourth-order valence-electron chi connectivity index (χ4n) is 8.72. The summed E-state index contributed by atoms with van der Waals surface area (Å²) in [6.45, 7) is 13.0. The molecule has 9 rings (SSSR count). The van der Waals surface area contributed by atoms with E-state index in [0.29, 0.717) is 40.1 Å². The third-order valence-electron chi connectivity index (χ3n) is 11.6. The van der Waals surface area contributed by atoms with Crippen molar-refractivity contribution in [2.75, 3.05) is 24.0 Å². The monoisotopic (exact) mass is 790 g/mol. The van der Waals surface area contributed by atoms with Crippen molar-refractivity contribution in [3.05, 3.63) is 166 Å². The molecule has 0 bridgehead atoms. The molecule has 298 valence electrons. The molecule has 8 nitrogen and oxygen atoms in total. The van der Waals surface area contributed by atoms with Gasteiger partial charge >= 0.3 is 0 Å². The standard InChI is InChI=1S/C52H46N4O4/c1-29(2)38-16-13-17-39(30(3)4)48(38)56-46(21-20-40-49(57)42-26-33-14-9-10-15-34(33)27-43(42)50(40)58)55(51-52(56)54-45-19-12-11-18-44(45)53-51)47-32(6)22-31(5)23-41(47)35-24-36(59-7)28-37(25-35)60-8/h9-30H,1-8H3/b46-21-. The predicted molar refractivity (Wildman–Crippen MR) is 242 cm³/mol. The Bertz CT molecular complexity index is 2890. The van der Waals surface area contributed by atoms with E-state index in [9.17, 15) is 9.59 Å². The van der Waals surface area contributed by atoms with E-state index in [2.05, 4.69) is 81.7 Å².